The Morgan fingerprint density at radius 3 is 1.98 bits per heavy atom. The molecule has 4 rings (SSSR count). The van der Waals surface area contributed by atoms with Gasteiger partial charge in [-0.3, -0.25) is 4.79 Å². The highest BCUT2D eigenvalue weighted by atomic mass is 32.2. The quantitative estimate of drug-likeness (QED) is 0.216. The fourth-order valence-corrected chi connectivity index (χ4v) is 13.5. The molecule has 2 saturated carbocycles. The van der Waals surface area contributed by atoms with Gasteiger partial charge in [-0.25, -0.2) is 13.2 Å². The Morgan fingerprint density at radius 2 is 1.52 bits per heavy atom. The molecular formula is C41H64N2O7S2. The SMILES string of the molecule is CC#CCOc1ccc(S(=O)(=O)N2C[C@H](CNC(=O)OC(C)(C)C)SC(C3CC(C)CCC3C(C)C)(C3CC(C)CCC3C(C)C)[C@@H]2C(=O)O)cc1. The van der Waals surface area contributed by atoms with E-state index in [-0.39, 0.29) is 60.1 Å². The van der Waals surface area contributed by atoms with Crippen LogP contribution in [-0.2, 0) is 19.6 Å². The van der Waals surface area contributed by atoms with E-state index in [4.69, 9.17) is 9.47 Å². The van der Waals surface area contributed by atoms with Crippen LogP contribution in [0.2, 0.25) is 0 Å². The van der Waals surface area contributed by atoms with Gasteiger partial charge in [0.2, 0.25) is 10.0 Å². The monoisotopic (exact) mass is 760 g/mol. The van der Waals surface area contributed by atoms with Crippen LogP contribution in [0.15, 0.2) is 29.2 Å². The first-order chi connectivity index (χ1) is 24.3. The Hall–Kier alpha value is -2.42. The number of hydrogen-bond donors (Lipinski definition) is 2. The number of alkyl carbamates (subject to hydrolysis) is 1. The smallest absolute Gasteiger partial charge is 0.407 e. The van der Waals surface area contributed by atoms with Crippen molar-refractivity contribution in [3.63, 3.8) is 0 Å². The van der Waals surface area contributed by atoms with Crippen LogP contribution in [0.3, 0.4) is 0 Å². The molecule has 6 unspecified atom stereocenters. The molecule has 1 aromatic rings. The lowest BCUT2D eigenvalue weighted by Gasteiger charge is -2.62. The predicted octanol–water partition coefficient (Wildman–Crippen LogP) is 8.33. The Bertz CT molecular complexity index is 1510. The van der Waals surface area contributed by atoms with Crippen LogP contribution >= 0.6 is 11.8 Å². The van der Waals surface area contributed by atoms with Gasteiger partial charge in [0.15, 0.2) is 0 Å². The number of thioether (sulfide) groups is 1. The zero-order valence-corrected chi connectivity index (χ0v) is 34.7. The zero-order chi connectivity index (χ0) is 38.6. The number of rotatable bonds is 11. The molecule has 1 heterocycles. The number of nitrogens with zero attached hydrogens (tertiary/aromatic N) is 1. The van der Waals surface area contributed by atoms with Gasteiger partial charge < -0.3 is 19.9 Å². The third kappa shape index (κ3) is 9.62. The minimum Gasteiger partial charge on any atom is -0.481 e. The zero-order valence-electron chi connectivity index (χ0n) is 33.1. The molecule has 1 amide bonds. The number of ether oxygens (including phenoxy) is 2. The van der Waals surface area contributed by atoms with Crippen molar-refractivity contribution in [2.75, 3.05) is 19.7 Å². The average molecular weight is 761 g/mol. The first kappa shape index (κ1) is 42.3. The fraction of sp³-hybridized carbons (Fsp3) is 0.756. The second kappa shape index (κ2) is 17.4. The van der Waals surface area contributed by atoms with Crippen LogP contribution in [-0.4, -0.2) is 71.2 Å². The van der Waals surface area contributed by atoms with E-state index >= 15 is 8.42 Å². The lowest BCUT2D eigenvalue weighted by Crippen LogP contribution is -2.71. The number of aliphatic carboxylic acids is 1. The summed E-state index contributed by atoms with van der Waals surface area (Å²) < 4.78 is 41.7. The molecule has 2 aliphatic carbocycles. The summed E-state index contributed by atoms with van der Waals surface area (Å²) in [5.41, 5.74) is -0.707. The molecule has 52 heavy (non-hydrogen) atoms. The van der Waals surface area contributed by atoms with E-state index in [0.717, 1.165) is 38.5 Å². The molecule has 0 radical (unpaired) electrons. The third-order valence-corrected chi connectivity index (χ3v) is 15.4. The molecule has 1 saturated heterocycles. The number of carboxylic acids is 1. The summed E-state index contributed by atoms with van der Waals surface area (Å²) in [5, 5.41) is 14.1. The van der Waals surface area contributed by atoms with Gasteiger partial charge in [-0.2, -0.15) is 4.31 Å². The summed E-state index contributed by atoms with van der Waals surface area (Å²) in [6.45, 7) is 20.9. The first-order valence-corrected chi connectivity index (χ1v) is 21.6. The van der Waals surface area contributed by atoms with Gasteiger partial charge in [0.25, 0.3) is 0 Å². The minimum atomic E-state index is -4.34. The third-order valence-electron chi connectivity index (χ3n) is 11.7. The highest BCUT2D eigenvalue weighted by Gasteiger charge is 2.65. The van der Waals surface area contributed by atoms with Gasteiger partial charge in [-0.15, -0.1) is 17.7 Å². The normalized spacial score (nSPS) is 31.8. The molecule has 0 bridgehead atoms. The number of hydrogen-bond acceptors (Lipinski definition) is 7. The molecule has 292 valence electrons. The van der Waals surface area contributed by atoms with E-state index in [1.54, 1.807) is 51.6 Å². The van der Waals surface area contributed by atoms with E-state index in [1.165, 1.54) is 16.4 Å². The Kier molecular flexibility index (Phi) is 14.1. The molecule has 9 nitrogen and oxygen atoms in total. The minimum absolute atomic E-state index is 0.0159. The van der Waals surface area contributed by atoms with Crippen molar-refractivity contribution in [1.82, 2.24) is 9.62 Å². The second-order valence-electron chi connectivity index (χ2n) is 17.3. The number of carboxylic acid groups (broad SMARTS) is 1. The summed E-state index contributed by atoms with van der Waals surface area (Å²) in [4.78, 5) is 27.2. The number of carbonyl (C=O) groups is 2. The molecule has 1 aromatic carbocycles. The maximum absolute atomic E-state index is 15.0. The van der Waals surface area contributed by atoms with Gasteiger partial charge in [-0.1, -0.05) is 60.3 Å². The van der Waals surface area contributed by atoms with Gasteiger partial charge >= 0.3 is 12.1 Å². The van der Waals surface area contributed by atoms with Crippen LogP contribution in [0.4, 0.5) is 4.79 Å². The van der Waals surface area contributed by atoms with Crippen molar-refractivity contribution < 1.29 is 32.6 Å². The number of sulfonamides is 1. The van der Waals surface area contributed by atoms with Crippen molar-refractivity contribution in [1.29, 1.82) is 0 Å². The number of nitrogens with one attached hydrogen (secondary N) is 1. The van der Waals surface area contributed by atoms with Crippen molar-refractivity contribution in [3.8, 4) is 17.6 Å². The summed E-state index contributed by atoms with van der Waals surface area (Å²) in [7, 11) is -4.34. The number of carbonyl (C=O) groups excluding carboxylic acids is 1. The summed E-state index contributed by atoms with van der Waals surface area (Å²) in [6, 6.07) is 4.90. The highest BCUT2D eigenvalue weighted by Crippen LogP contribution is 2.62. The van der Waals surface area contributed by atoms with Gasteiger partial charge in [0, 0.05) is 23.1 Å². The van der Waals surface area contributed by atoms with Gasteiger partial charge in [0.1, 0.15) is 24.0 Å². The van der Waals surface area contributed by atoms with Gasteiger partial charge in [-0.05, 0) is 125 Å². The predicted molar refractivity (Wildman–Crippen MR) is 209 cm³/mol. The maximum atomic E-state index is 15.0. The van der Waals surface area contributed by atoms with E-state index in [9.17, 15) is 14.7 Å². The molecular weight excluding hydrogens is 697 g/mol. The van der Waals surface area contributed by atoms with Crippen LogP contribution in [0.1, 0.15) is 108 Å². The Morgan fingerprint density at radius 1 is 0.981 bits per heavy atom. The van der Waals surface area contributed by atoms with Crippen LogP contribution in [0, 0.1) is 59.2 Å². The molecule has 11 heteroatoms. The molecule has 2 N–H and O–H groups in total. The standard InChI is InChI=1S/C41H64N2O7S2/c1-11-12-21-49-30-15-17-32(18-16-30)52(47,48)43-25-31(24-42-39(46)50-40(8,9)10)51-41(37(43)38(44)45,35-22-28(6)13-19-33(35)26(2)3)36-23-29(7)14-20-34(36)27(4)5/h15-18,26-29,31,33-37H,13-14,19-25H2,1-10H3,(H,42,46)(H,44,45)/t28?,29?,31-,33?,34?,35?,36?,37-,41?/m0/s1. The number of amides is 1. The number of benzene rings is 1. The molecule has 3 fully saturated rings. The lowest BCUT2D eigenvalue weighted by atomic mass is 9.54. The first-order valence-electron chi connectivity index (χ1n) is 19.3. The molecule has 3 aliphatic rings. The molecule has 0 spiro atoms. The Labute approximate surface area is 318 Å². The van der Waals surface area contributed by atoms with E-state index in [2.05, 4.69) is 58.7 Å². The van der Waals surface area contributed by atoms with Crippen LogP contribution < -0.4 is 10.1 Å². The maximum Gasteiger partial charge on any atom is 0.407 e. The summed E-state index contributed by atoms with van der Waals surface area (Å²) >= 11 is 1.67. The fourth-order valence-electron chi connectivity index (χ4n) is 9.42. The topological polar surface area (TPSA) is 122 Å². The van der Waals surface area contributed by atoms with E-state index < -0.39 is 43.7 Å². The van der Waals surface area contributed by atoms with Gasteiger partial charge in [0.05, 0.1) is 4.90 Å². The molecule has 8 atom stereocenters. The van der Waals surface area contributed by atoms with E-state index in [1.807, 2.05) is 0 Å². The summed E-state index contributed by atoms with van der Waals surface area (Å²) in [5.74, 6) is 6.69. The molecule has 0 aromatic heterocycles. The van der Waals surface area contributed by atoms with Crippen molar-refractivity contribution >= 4 is 33.8 Å². The van der Waals surface area contributed by atoms with Crippen LogP contribution in [0.5, 0.6) is 5.75 Å². The van der Waals surface area contributed by atoms with E-state index in [0.29, 0.717) is 17.6 Å². The average Bonchev–Trinajstić information content (AvgIpc) is 3.06. The largest absolute Gasteiger partial charge is 0.481 e. The molecule has 1 aliphatic heterocycles. The van der Waals surface area contributed by atoms with Crippen molar-refractivity contribution in [3.05, 3.63) is 24.3 Å². The van der Waals surface area contributed by atoms with Crippen molar-refractivity contribution in [2.24, 2.45) is 47.3 Å². The highest BCUT2D eigenvalue weighted by molar-refractivity contribution is 8.01. The Balaban J connectivity index is 1.96. The second-order valence-corrected chi connectivity index (χ2v) is 20.8. The van der Waals surface area contributed by atoms with Crippen LogP contribution in [0.25, 0.3) is 0 Å². The summed E-state index contributed by atoms with van der Waals surface area (Å²) in [6.07, 6.45) is 5.18. The van der Waals surface area contributed by atoms with Crippen molar-refractivity contribution in [2.45, 2.75) is 134 Å². The lowest BCUT2D eigenvalue weighted by molar-refractivity contribution is -0.146.